The van der Waals surface area contributed by atoms with E-state index in [1.807, 2.05) is 24.3 Å². The van der Waals surface area contributed by atoms with Gasteiger partial charge in [0.15, 0.2) is 0 Å². The average Bonchev–Trinajstić information content (AvgIpc) is 2.62. The van der Waals surface area contributed by atoms with Gasteiger partial charge < -0.3 is 15.5 Å². The predicted molar refractivity (Wildman–Crippen MR) is 103 cm³/mol. The van der Waals surface area contributed by atoms with Crippen molar-refractivity contribution in [3.63, 3.8) is 0 Å². The Morgan fingerprint density at radius 1 is 1.00 bits per heavy atom. The molecule has 0 spiro atoms. The van der Waals surface area contributed by atoms with E-state index in [1.54, 1.807) is 0 Å². The second kappa shape index (κ2) is 10.2. The summed E-state index contributed by atoms with van der Waals surface area (Å²) in [5.41, 5.74) is 1.53. The van der Waals surface area contributed by atoms with Crippen LogP contribution in [0, 0.1) is 0 Å². The molecule has 1 aromatic carbocycles. The van der Waals surface area contributed by atoms with Crippen molar-refractivity contribution in [1.29, 1.82) is 0 Å². The summed E-state index contributed by atoms with van der Waals surface area (Å²) in [4.78, 5) is 26.4. The van der Waals surface area contributed by atoms with Crippen molar-refractivity contribution in [2.45, 2.75) is 64.8 Å². The Bertz CT molecular complexity index is 551. The molecule has 5 heteroatoms. The zero-order valence-electron chi connectivity index (χ0n) is 15.5. The number of unbranched alkanes of at least 4 members (excludes halogenated alkanes) is 1. The third-order valence-corrected chi connectivity index (χ3v) is 4.70. The minimum absolute atomic E-state index is 0.0361. The molecule has 138 valence electrons. The molecule has 2 amide bonds. The van der Waals surface area contributed by atoms with Gasteiger partial charge in [-0.3, -0.25) is 9.59 Å². The summed E-state index contributed by atoms with van der Waals surface area (Å²) in [6.07, 6.45) is 6.73. The molecule has 5 nitrogen and oxygen atoms in total. The van der Waals surface area contributed by atoms with E-state index in [9.17, 15) is 9.59 Å². The molecule has 1 aliphatic heterocycles. The zero-order chi connectivity index (χ0) is 18.1. The zero-order valence-corrected chi connectivity index (χ0v) is 15.5. The van der Waals surface area contributed by atoms with E-state index >= 15 is 0 Å². The molecular formula is C20H31N3O2. The standard InChI is InChI=1S/C20H31N3O2/c1-3-4-8-19(24)21-17-9-11-18(12-10-17)22-20(25)15-16(2)23-13-6-5-7-14-23/h9-12,16H,3-8,13-15H2,1-2H3,(H,21,24)(H,22,25)/t16-/m1/s1. The van der Waals surface area contributed by atoms with Crippen LogP contribution in [0.15, 0.2) is 24.3 Å². The number of hydrogen-bond acceptors (Lipinski definition) is 3. The van der Waals surface area contributed by atoms with Crippen LogP contribution < -0.4 is 10.6 Å². The topological polar surface area (TPSA) is 61.4 Å². The Balaban J connectivity index is 1.77. The summed E-state index contributed by atoms with van der Waals surface area (Å²) < 4.78 is 0. The van der Waals surface area contributed by atoms with Crippen LogP contribution >= 0.6 is 0 Å². The number of rotatable bonds is 8. The van der Waals surface area contributed by atoms with Crippen molar-refractivity contribution in [3.8, 4) is 0 Å². The number of amides is 2. The smallest absolute Gasteiger partial charge is 0.225 e. The Labute approximate surface area is 151 Å². The molecule has 0 aliphatic carbocycles. The van der Waals surface area contributed by atoms with Crippen molar-refractivity contribution in [2.75, 3.05) is 23.7 Å². The van der Waals surface area contributed by atoms with Gasteiger partial charge >= 0.3 is 0 Å². The van der Waals surface area contributed by atoms with E-state index in [0.29, 0.717) is 12.8 Å². The summed E-state index contributed by atoms with van der Waals surface area (Å²) in [6, 6.07) is 7.59. The molecule has 0 bridgehead atoms. The molecule has 1 aromatic rings. The summed E-state index contributed by atoms with van der Waals surface area (Å²) in [5.74, 6) is 0.0757. The number of benzene rings is 1. The summed E-state index contributed by atoms with van der Waals surface area (Å²) >= 11 is 0. The normalized spacial score (nSPS) is 16.2. The number of nitrogens with one attached hydrogen (secondary N) is 2. The molecular weight excluding hydrogens is 314 g/mol. The lowest BCUT2D eigenvalue weighted by Gasteiger charge is -2.31. The Morgan fingerprint density at radius 2 is 1.56 bits per heavy atom. The molecule has 0 aromatic heterocycles. The molecule has 2 N–H and O–H groups in total. The number of nitrogens with zero attached hydrogens (tertiary/aromatic N) is 1. The minimum Gasteiger partial charge on any atom is -0.326 e. The van der Waals surface area contributed by atoms with Crippen molar-refractivity contribution in [1.82, 2.24) is 4.90 Å². The molecule has 0 saturated carbocycles. The first-order valence-electron chi connectivity index (χ1n) is 9.52. The van der Waals surface area contributed by atoms with Crippen molar-refractivity contribution >= 4 is 23.2 Å². The van der Waals surface area contributed by atoms with Gasteiger partial charge in [0.05, 0.1) is 0 Å². The van der Waals surface area contributed by atoms with E-state index in [2.05, 4.69) is 29.4 Å². The maximum Gasteiger partial charge on any atom is 0.225 e. The summed E-state index contributed by atoms with van der Waals surface area (Å²) in [6.45, 7) is 6.39. The van der Waals surface area contributed by atoms with E-state index in [-0.39, 0.29) is 17.9 Å². The lowest BCUT2D eigenvalue weighted by atomic mass is 10.1. The molecule has 1 heterocycles. The third kappa shape index (κ3) is 6.86. The number of likely N-dealkylation sites (tertiary alicyclic amines) is 1. The van der Waals surface area contributed by atoms with Crippen LogP contribution in [0.3, 0.4) is 0 Å². The summed E-state index contributed by atoms with van der Waals surface area (Å²) in [7, 11) is 0. The minimum atomic E-state index is 0.0361. The fourth-order valence-corrected chi connectivity index (χ4v) is 3.17. The van der Waals surface area contributed by atoms with Crippen LogP contribution in [-0.4, -0.2) is 35.8 Å². The first kappa shape index (κ1) is 19.4. The van der Waals surface area contributed by atoms with Crippen LogP contribution in [0.4, 0.5) is 11.4 Å². The van der Waals surface area contributed by atoms with Crippen molar-refractivity contribution < 1.29 is 9.59 Å². The number of hydrogen-bond donors (Lipinski definition) is 2. The average molecular weight is 345 g/mol. The van der Waals surface area contributed by atoms with Gasteiger partial charge in [-0.1, -0.05) is 19.8 Å². The highest BCUT2D eigenvalue weighted by Crippen LogP contribution is 2.17. The molecule has 1 fully saturated rings. The van der Waals surface area contributed by atoms with Gasteiger partial charge in [-0.25, -0.2) is 0 Å². The van der Waals surface area contributed by atoms with Gasteiger partial charge in [0, 0.05) is 30.3 Å². The maximum atomic E-state index is 12.2. The van der Waals surface area contributed by atoms with E-state index in [4.69, 9.17) is 0 Å². The maximum absolute atomic E-state index is 12.2. The SMILES string of the molecule is CCCCC(=O)Nc1ccc(NC(=O)C[C@@H](C)N2CCCCC2)cc1. The van der Waals surface area contributed by atoms with Crippen LogP contribution in [-0.2, 0) is 9.59 Å². The second-order valence-electron chi connectivity index (χ2n) is 6.93. The second-order valence-corrected chi connectivity index (χ2v) is 6.93. The summed E-state index contributed by atoms with van der Waals surface area (Å²) in [5, 5.41) is 5.82. The largest absolute Gasteiger partial charge is 0.326 e. The first-order valence-corrected chi connectivity index (χ1v) is 9.52. The quantitative estimate of drug-likeness (QED) is 0.748. The highest BCUT2D eigenvalue weighted by molar-refractivity contribution is 5.93. The van der Waals surface area contributed by atoms with Crippen molar-refractivity contribution in [3.05, 3.63) is 24.3 Å². The molecule has 25 heavy (non-hydrogen) atoms. The number of carbonyl (C=O) groups excluding carboxylic acids is 2. The van der Waals surface area contributed by atoms with Crippen molar-refractivity contribution in [2.24, 2.45) is 0 Å². The Hall–Kier alpha value is -1.88. The van der Waals surface area contributed by atoms with Gasteiger partial charge in [-0.2, -0.15) is 0 Å². The first-order chi connectivity index (χ1) is 12.1. The van der Waals surface area contributed by atoms with Gasteiger partial charge in [0.2, 0.25) is 11.8 Å². The molecule has 2 rings (SSSR count). The lowest BCUT2D eigenvalue weighted by molar-refractivity contribution is -0.117. The van der Waals surface area contributed by atoms with Crippen LogP contribution in [0.2, 0.25) is 0 Å². The number of anilines is 2. The predicted octanol–water partition coefficient (Wildman–Crippen LogP) is 4.02. The fraction of sp³-hybridized carbons (Fsp3) is 0.600. The molecule has 1 atom stereocenters. The fourth-order valence-electron chi connectivity index (χ4n) is 3.17. The van der Waals surface area contributed by atoms with Gasteiger partial charge in [-0.05, 0) is 63.5 Å². The molecule has 0 radical (unpaired) electrons. The number of piperidine rings is 1. The molecule has 1 aliphatic rings. The van der Waals surface area contributed by atoms with Crippen LogP contribution in [0.1, 0.15) is 58.8 Å². The molecule has 0 unspecified atom stereocenters. The van der Waals surface area contributed by atoms with E-state index < -0.39 is 0 Å². The highest BCUT2D eigenvalue weighted by Gasteiger charge is 2.19. The van der Waals surface area contributed by atoms with Gasteiger partial charge in [-0.15, -0.1) is 0 Å². The van der Waals surface area contributed by atoms with Crippen LogP contribution in [0.25, 0.3) is 0 Å². The van der Waals surface area contributed by atoms with Crippen LogP contribution in [0.5, 0.6) is 0 Å². The Kier molecular flexibility index (Phi) is 7.92. The van der Waals surface area contributed by atoms with E-state index in [1.165, 1.54) is 19.3 Å². The number of carbonyl (C=O) groups is 2. The van der Waals surface area contributed by atoms with E-state index in [0.717, 1.165) is 37.3 Å². The highest BCUT2D eigenvalue weighted by atomic mass is 16.2. The monoisotopic (exact) mass is 345 g/mol. The molecule has 1 saturated heterocycles. The van der Waals surface area contributed by atoms with Gasteiger partial charge in [0.25, 0.3) is 0 Å². The van der Waals surface area contributed by atoms with Gasteiger partial charge in [0.1, 0.15) is 0 Å². The lowest BCUT2D eigenvalue weighted by Crippen LogP contribution is -2.39. The third-order valence-electron chi connectivity index (χ3n) is 4.70. The Morgan fingerprint density at radius 3 is 2.12 bits per heavy atom.